The largest absolute Gasteiger partial charge is 0.315 e. The van der Waals surface area contributed by atoms with E-state index in [1.807, 2.05) is 45.0 Å². The molecule has 1 N–H and O–H groups in total. The zero-order chi connectivity index (χ0) is 19.5. The number of quaternary nitrogens is 1. The van der Waals surface area contributed by atoms with Gasteiger partial charge >= 0.3 is 0 Å². The number of hydrogen-bond donors (Lipinski definition) is 1. The maximum Gasteiger partial charge on any atom is 0.246 e. The van der Waals surface area contributed by atoms with Crippen molar-refractivity contribution < 1.29 is 13.3 Å². The molecule has 2 aromatic rings. The van der Waals surface area contributed by atoms with Gasteiger partial charge in [0.15, 0.2) is 6.67 Å². The Kier molecular flexibility index (Phi) is 6.85. The molecule has 2 rings (SSSR count). The zero-order valence-corrected chi connectivity index (χ0v) is 17.7. The van der Waals surface area contributed by atoms with E-state index in [4.69, 9.17) is 11.6 Å². The summed E-state index contributed by atoms with van der Waals surface area (Å²) < 4.78 is 29.1. The van der Waals surface area contributed by atoms with Crippen molar-refractivity contribution in [3.8, 4) is 0 Å². The Bertz CT molecular complexity index is 843. The minimum Gasteiger partial charge on any atom is -0.315 e. The lowest BCUT2D eigenvalue weighted by Gasteiger charge is -2.19. The van der Waals surface area contributed by atoms with Crippen LogP contribution in [0, 0.1) is 13.8 Å². The van der Waals surface area contributed by atoms with Crippen molar-refractivity contribution in [3.05, 3.63) is 46.2 Å². The Labute approximate surface area is 161 Å². The summed E-state index contributed by atoms with van der Waals surface area (Å²) >= 11 is 5.93. The lowest BCUT2D eigenvalue weighted by molar-refractivity contribution is -0.917. The van der Waals surface area contributed by atoms with Crippen molar-refractivity contribution in [2.24, 2.45) is 0 Å². The molecule has 1 aromatic heterocycles. The summed E-state index contributed by atoms with van der Waals surface area (Å²) in [5.74, 6) is 0. The number of halogens is 1. The molecule has 1 heterocycles. The molecule has 0 aliphatic heterocycles. The standard InChI is InChI=1S/C18H27ClN4O2S/c1-6-22(7-2)26(24,25)18-14(3)20-23(15(18)4)13-21(5)12-16-8-10-17(19)11-9-16/h8-11H,6-7,12-13H2,1-5H3/p+1. The first-order chi connectivity index (χ1) is 12.2. The number of benzene rings is 1. The van der Waals surface area contributed by atoms with Gasteiger partial charge in [-0.3, -0.25) is 0 Å². The second kappa shape index (κ2) is 8.52. The number of nitrogens with zero attached hydrogens (tertiary/aromatic N) is 3. The molecule has 144 valence electrons. The van der Waals surface area contributed by atoms with Gasteiger partial charge in [0.05, 0.1) is 18.4 Å². The third kappa shape index (κ3) is 4.46. The van der Waals surface area contributed by atoms with E-state index < -0.39 is 10.0 Å². The highest BCUT2D eigenvalue weighted by atomic mass is 35.5. The summed E-state index contributed by atoms with van der Waals surface area (Å²) in [6, 6.07) is 7.76. The Hall–Kier alpha value is -1.41. The highest BCUT2D eigenvalue weighted by Gasteiger charge is 2.29. The number of aromatic nitrogens is 2. The highest BCUT2D eigenvalue weighted by Crippen LogP contribution is 2.23. The number of rotatable bonds is 8. The zero-order valence-electron chi connectivity index (χ0n) is 16.1. The van der Waals surface area contributed by atoms with E-state index in [9.17, 15) is 8.42 Å². The fourth-order valence-electron chi connectivity index (χ4n) is 3.16. The van der Waals surface area contributed by atoms with Gasteiger partial charge in [0.2, 0.25) is 10.0 Å². The van der Waals surface area contributed by atoms with Crippen molar-refractivity contribution in [3.63, 3.8) is 0 Å². The molecule has 26 heavy (non-hydrogen) atoms. The van der Waals surface area contributed by atoms with Crippen LogP contribution in [-0.4, -0.2) is 42.6 Å². The molecule has 0 bridgehead atoms. The smallest absolute Gasteiger partial charge is 0.246 e. The first-order valence-electron chi connectivity index (χ1n) is 8.80. The Morgan fingerprint density at radius 2 is 1.73 bits per heavy atom. The average molecular weight is 400 g/mol. The van der Waals surface area contributed by atoms with Crippen LogP contribution in [0.15, 0.2) is 29.2 Å². The molecule has 6 nitrogen and oxygen atoms in total. The second-order valence-electron chi connectivity index (χ2n) is 6.51. The summed E-state index contributed by atoms with van der Waals surface area (Å²) in [6.45, 7) is 9.56. The number of sulfonamides is 1. The molecule has 1 atom stereocenters. The molecule has 1 unspecified atom stereocenters. The monoisotopic (exact) mass is 399 g/mol. The fourth-order valence-corrected chi connectivity index (χ4v) is 5.12. The van der Waals surface area contributed by atoms with Gasteiger partial charge in [-0.15, -0.1) is 0 Å². The Morgan fingerprint density at radius 1 is 1.15 bits per heavy atom. The predicted octanol–water partition coefficient (Wildman–Crippen LogP) is 1.86. The number of aryl methyl sites for hydroxylation is 1. The predicted molar refractivity (Wildman–Crippen MR) is 104 cm³/mol. The van der Waals surface area contributed by atoms with Gasteiger partial charge < -0.3 is 4.90 Å². The van der Waals surface area contributed by atoms with Crippen molar-refractivity contribution in [2.75, 3.05) is 20.1 Å². The Balaban J connectivity index is 2.23. The number of hydrogen-bond acceptors (Lipinski definition) is 3. The van der Waals surface area contributed by atoms with E-state index in [0.717, 1.165) is 11.6 Å². The number of nitrogens with one attached hydrogen (secondary N) is 1. The van der Waals surface area contributed by atoms with Crippen LogP contribution >= 0.6 is 11.6 Å². The van der Waals surface area contributed by atoms with Crippen molar-refractivity contribution >= 4 is 21.6 Å². The molecule has 0 radical (unpaired) electrons. The van der Waals surface area contributed by atoms with Gasteiger partial charge in [-0.1, -0.05) is 37.6 Å². The van der Waals surface area contributed by atoms with Crippen LogP contribution in [0.3, 0.4) is 0 Å². The second-order valence-corrected chi connectivity index (χ2v) is 8.82. The van der Waals surface area contributed by atoms with Crippen molar-refractivity contribution in [2.45, 2.75) is 45.8 Å². The molecule has 0 aliphatic rings. The molecule has 0 saturated heterocycles. The van der Waals surface area contributed by atoms with Gasteiger partial charge in [-0.25, -0.2) is 13.1 Å². The van der Waals surface area contributed by atoms with Gasteiger partial charge in [0.1, 0.15) is 11.4 Å². The quantitative estimate of drug-likeness (QED) is 0.737. The van der Waals surface area contributed by atoms with Crippen molar-refractivity contribution in [1.82, 2.24) is 14.1 Å². The lowest BCUT2D eigenvalue weighted by atomic mass is 10.2. The minimum absolute atomic E-state index is 0.334. The molecular weight excluding hydrogens is 372 g/mol. The third-order valence-corrected chi connectivity index (χ3v) is 7.01. The molecule has 8 heteroatoms. The molecule has 0 aliphatic carbocycles. The SMILES string of the molecule is CCN(CC)S(=O)(=O)c1c(C)nn(C[NH+](C)Cc2ccc(Cl)cc2)c1C. The van der Waals surface area contributed by atoms with Crippen LogP contribution in [0.5, 0.6) is 0 Å². The first-order valence-corrected chi connectivity index (χ1v) is 10.6. The molecule has 0 saturated carbocycles. The molecular formula is C18H28ClN4O2S+. The summed E-state index contributed by atoms with van der Waals surface area (Å²) in [4.78, 5) is 1.53. The molecule has 0 spiro atoms. The lowest BCUT2D eigenvalue weighted by Crippen LogP contribution is -3.07. The third-order valence-electron chi connectivity index (χ3n) is 4.46. The average Bonchev–Trinajstić information content (AvgIpc) is 2.84. The fraction of sp³-hybridized carbons (Fsp3) is 0.500. The topological polar surface area (TPSA) is 59.6 Å². The molecule has 1 aromatic carbocycles. The summed E-state index contributed by atoms with van der Waals surface area (Å²) in [7, 11) is -1.46. The van der Waals surface area contributed by atoms with Gasteiger partial charge in [-0.05, 0) is 26.0 Å². The highest BCUT2D eigenvalue weighted by molar-refractivity contribution is 7.89. The molecule has 0 fully saturated rings. The van der Waals surface area contributed by atoms with Gasteiger partial charge in [0, 0.05) is 23.7 Å². The van der Waals surface area contributed by atoms with E-state index >= 15 is 0 Å². The van der Waals surface area contributed by atoms with Crippen LogP contribution in [0.4, 0.5) is 0 Å². The van der Waals surface area contributed by atoms with E-state index in [-0.39, 0.29) is 0 Å². The van der Waals surface area contributed by atoms with E-state index in [0.29, 0.717) is 36.0 Å². The maximum absolute atomic E-state index is 12.9. The van der Waals surface area contributed by atoms with E-state index in [1.165, 1.54) is 14.8 Å². The van der Waals surface area contributed by atoms with Crippen LogP contribution in [0.2, 0.25) is 5.02 Å². The summed E-state index contributed by atoms with van der Waals surface area (Å²) in [5, 5.41) is 5.21. The first kappa shape index (κ1) is 20.9. The van der Waals surface area contributed by atoms with Gasteiger partial charge in [-0.2, -0.15) is 9.40 Å². The summed E-state index contributed by atoms with van der Waals surface area (Å²) in [5.41, 5.74) is 2.41. The Morgan fingerprint density at radius 3 is 2.27 bits per heavy atom. The minimum atomic E-state index is -3.52. The maximum atomic E-state index is 12.9. The normalized spacial score (nSPS) is 13.3. The van der Waals surface area contributed by atoms with E-state index in [1.54, 1.807) is 11.6 Å². The van der Waals surface area contributed by atoms with Crippen LogP contribution < -0.4 is 4.90 Å². The van der Waals surface area contributed by atoms with Crippen molar-refractivity contribution in [1.29, 1.82) is 0 Å². The molecule has 0 amide bonds. The summed E-state index contributed by atoms with van der Waals surface area (Å²) in [6.07, 6.45) is 0. The van der Waals surface area contributed by atoms with Crippen LogP contribution in [0.25, 0.3) is 0 Å². The van der Waals surface area contributed by atoms with Gasteiger partial charge in [0.25, 0.3) is 0 Å². The van der Waals surface area contributed by atoms with Crippen LogP contribution in [0.1, 0.15) is 30.8 Å². The van der Waals surface area contributed by atoms with E-state index in [2.05, 4.69) is 12.1 Å². The van der Waals surface area contributed by atoms with Crippen LogP contribution in [-0.2, 0) is 23.2 Å².